The van der Waals surface area contributed by atoms with Crippen LogP contribution in [0.15, 0.2) is 0 Å². The molecule has 0 unspecified atom stereocenters. The van der Waals surface area contributed by atoms with Crippen molar-refractivity contribution in [2.45, 2.75) is 63.1 Å². The van der Waals surface area contributed by atoms with E-state index in [-0.39, 0.29) is 12.8 Å². The lowest BCUT2D eigenvalue weighted by Gasteiger charge is -2.24. The minimum absolute atomic E-state index is 0.267. The topological polar surface area (TPSA) is 12.0 Å². The van der Waals surface area contributed by atoms with Crippen LogP contribution in [0.2, 0.25) is 0 Å². The van der Waals surface area contributed by atoms with Crippen molar-refractivity contribution in [3.8, 4) is 0 Å². The summed E-state index contributed by atoms with van der Waals surface area (Å²) in [6, 6.07) is 0. The lowest BCUT2D eigenvalue weighted by Crippen LogP contribution is -2.46. The molecule has 0 bridgehead atoms. The molecule has 0 aromatic heterocycles. The minimum atomic E-state index is -4.06. The Balaban J connectivity index is 1.78. The van der Waals surface area contributed by atoms with Gasteiger partial charge in [-0.05, 0) is 38.1 Å². The second-order valence-corrected chi connectivity index (χ2v) is 5.32. The molecule has 1 N–H and O–H groups in total. The third-order valence-corrected chi connectivity index (χ3v) is 4.00. The highest BCUT2D eigenvalue weighted by Crippen LogP contribution is 2.49. The summed E-state index contributed by atoms with van der Waals surface area (Å²) in [6.07, 6.45) is 3.55. The van der Waals surface area contributed by atoms with E-state index in [0.29, 0.717) is 12.5 Å². The van der Waals surface area contributed by atoms with Crippen molar-refractivity contribution in [3.63, 3.8) is 0 Å². The standard InChI is InChI=1S/C12H20F3N/c13-12(14,15)11(7-8-11)16-9-10-5-3-1-2-4-6-10/h10,16H,1-9H2. The molecule has 2 aliphatic carbocycles. The maximum atomic E-state index is 12.7. The molecule has 0 aromatic rings. The van der Waals surface area contributed by atoms with Crippen LogP contribution in [0.25, 0.3) is 0 Å². The van der Waals surface area contributed by atoms with Crippen LogP contribution >= 0.6 is 0 Å². The highest BCUT2D eigenvalue weighted by atomic mass is 19.4. The molecular weight excluding hydrogens is 215 g/mol. The van der Waals surface area contributed by atoms with Gasteiger partial charge in [0.1, 0.15) is 5.54 Å². The Hall–Kier alpha value is -0.250. The summed E-state index contributed by atoms with van der Waals surface area (Å²) in [6.45, 7) is 0.555. The van der Waals surface area contributed by atoms with Gasteiger partial charge in [0.2, 0.25) is 0 Å². The van der Waals surface area contributed by atoms with E-state index >= 15 is 0 Å². The summed E-state index contributed by atoms with van der Waals surface area (Å²) < 4.78 is 38.0. The molecule has 0 amide bonds. The van der Waals surface area contributed by atoms with Crippen LogP contribution in [-0.4, -0.2) is 18.3 Å². The first kappa shape index (κ1) is 12.2. The molecule has 16 heavy (non-hydrogen) atoms. The predicted octanol–water partition coefficient (Wildman–Crippen LogP) is 3.64. The van der Waals surface area contributed by atoms with Crippen molar-refractivity contribution in [2.24, 2.45) is 5.92 Å². The summed E-state index contributed by atoms with van der Waals surface area (Å²) in [4.78, 5) is 0. The summed E-state index contributed by atoms with van der Waals surface area (Å²) in [7, 11) is 0. The second kappa shape index (κ2) is 4.55. The molecule has 0 aliphatic heterocycles. The number of hydrogen-bond donors (Lipinski definition) is 1. The molecule has 2 rings (SSSR count). The van der Waals surface area contributed by atoms with Gasteiger partial charge in [-0.25, -0.2) is 0 Å². The fraction of sp³-hybridized carbons (Fsp3) is 1.00. The van der Waals surface area contributed by atoms with E-state index in [2.05, 4.69) is 5.32 Å². The molecule has 2 aliphatic rings. The van der Waals surface area contributed by atoms with Crippen molar-refractivity contribution in [1.82, 2.24) is 5.32 Å². The number of halogens is 3. The van der Waals surface area contributed by atoms with Crippen molar-refractivity contribution in [2.75, 3.05) is 6.54 Å². The zero-order valence-corrected chi connectivity index (χ0v) is 9.58. The Kier molecular flexibility index (Phi) is 3.48. The average Bonchev–Trinajstić information content (AvgIpc) is 3.00. The number of hydrogen-bond acceptors (Lipinski definition) is 1. The van der Waals surface area contributed by atoms with Gasteiger partial charge in [-0.1, -0.05) is 25.7 Å². The van der Waals surface area contributed by atoms with E-state index in [9.17, 15) is 13.2 Å². The highest BCUT2D eigenvalue weighted by molar-refractivity contribution is 5.08. The maximum absolute atomic E-state index is 12.7. The summed E-state index contributed by atoms with van der Waals surface area (Å²) in [5.41, 5.74) is -1.51. The monoisotopic (exact) mass is 235 g/mol. The van der Waals surface area contributed by atoms with E-state index in [4.69, 9.17) is 0 Å². The van der Waals surface area contributed by atoms with Gasteiger partial charge in [0.25, 0.3) is 0 Å². The zero-order chi connectivity index (χ0) is 11.6. The SMILES string of the molecule is FC(F)(F)C1(NCC2CCCCCC2)CC1. The van der Waals surface area contributed by atoms with Gasteiger partial charge in [0.05, 0.1) is 0 Å². The fourth-order valence-electron chi connectivity index (χ4n) is 2.59. The first-order chi connectivity index (χ1) is 7.54. The van der Waals surface area contributed by atoms with E-state index < -0.39 is 11.7 Å². The molecule has 0 heterocycles. The van der Waals surface area contributed by atoms with Crippen LogP contribution in [0.1, 0.15) is 51.4 Å². The minimum Gasteiger partial charge on any atom is -0.303 e. The number of nitrogens with one attached hydrogen (secondary N) is 1. The molecule has 0 spiro atoms. The molecule has 2 fully saturated rings. The van der Waals surface area contributed by atoms with Crippen LogP contribution in [0.3, 0.4) is 0 Å². The Bertz CT molecular complexity index is 225. The van der Waals surface area contributed by atoms with Crippen LogP contribution in [0, 0.1) is 5.92 Å². The van der Waals surface area contributed by atoms with Crippen LogP contribution < -0.4 is 5.32 Å². The van der Waals surface area contributed by atoms with Gasteiger partial charge in [-0.2, -0.15) is 13.2 Å². The van der Waals surface area contributed by atoms with E-state index in [0.717, 1.165) is 12.8 Å². The Morgan fingerprint density at radius 2 is 1.56 bits per heavy atom. The third kappa shape index (κ3) is 2.70. The first-order valence-electron chi connectivity index (χ1n) is 6.35. The van der Waals surface area contributed by atoms with Crippen molar-refractivity contribution in [3.05, 3.63) is 0 Å². The first-order valence-corrected chi connectivity index (χ1v) is 6.35. The van der Waals surface area contributed by atoms with Crippen LogP contribution in [-0.2, 0) is 0 Å². The van der Waals surface area contributed by atoms with Gasteiger partial charge in [-0.3, -0.25) is 0 Å². The molecule has 4 heteroatoms. The lowest BCUT2D eigenvalue weighted by molar-refractivity contribution is -0.166. The smallest absolute Gasteiger partial charge is 0.303 e. The fourth-order valence-corrected chi connectivity index (χ4v) is 2.59. The molecular formula is C12H20F3N. The van der Waals surface area contributed by atoms with Gasteiger partial charge < -0.3 is 5.32 Å². The third-order valence-electron chi connectivity index (χ3n) is 4.00. The Morgan fingerprint density at radius 3 is 2.00 bits per heavy atom. The normalized spacial score (nSPS) is 26.4. The summed E-state index contributed by atoms with van der Waals surface area (Å²) in [5, 5.41) is 2.78. The Labute approximate surface area is 94.8 Å². The predicted molar refractivity (Wildman–Crippen MR) is 57.2 cm³/mol. The van der Waals surface area contributed by atoms with E-state index in [1.54, 1.807) is 0 Å². The second-order valence-electron chi connectivity index (χ2n) is 5.32. The Morgan fingerprint density at radius 1 is 1.00 bits per heavy atom. The average molecular weight is 235 g/mol. The zero-order valence-electron chi connectivity index (χ0n) is 9.58. The lowest BCUT2D eigenvalue weighted by atomic mass is 10.00. The molecule has 1 nitrogen and oxygen atoms in total. The summed E-state index contributed by atoms with van der Waals surface area (Å²) in [5.74, 6) is 0.460. The van der Waals surface area contributed by atoms with Crippen molar-refractivity contribution in [1.29, 1.82) is 0 Å². The number of rotatable bonds is 3. The molecule has 2 saturated carbocycles. The largest absolute Gasteiger partial charge is 0.406 e. The molecule has 0 aromatic carbocycles. The van der Waals surface area contributed by atoms with Crippen LogP contribution in [0.5, 0.6) is 0 Å². The molecule has 0 radical (unpaired) electrons. The maximum Gasteiger partial charge on any atom is 0.406 e. The molecule has 94 valence electrons. The van der Waals surface area contributed by atoms with Gasteiger partial charge in [0, 0.05) is 0 Å². The summed E-state index contributed by atoms with van der Waals surface area (Å²) >= 11 is 0. The number of alkyl halides is 3. The van der Waals surface area contributed by atoms with Crippen LogP contribution in [0.4, 0.5) is 13.2 Å². The van der Waals surface area contributed by atoms with Gasteiger partial charge >= 0.3 is 6.18 Å². The van der Waals surface area contributed by atoms with Gasteiger partial charge in [-0.15, -0.1) is 0 Å². The molecule has 0 saturated heterocycles. The van der Waals surface area contributed by atoms with Crippen molar-refractivity contribution < 1.29 is 13.2 Å². The van der Waals surface area contributed by atoms with E-state index in [1.807, 2.05) is 0 Å². The molecule has 0 atom stereocenters. The van der Waals surface area contributed by atoms with Crippen molar-refractivity contribution >= 4 is 0 Å². The van der Waals surface area contributed by atoms with Gasteiger partial charge in [0.15, 0.2) is 0 Å². The quantitative estimate of drug-likeness (QED) is 0.736. The van der Waals surface area contributed by atoms with E-state index in [1.165, 1.54) is 25.7 Å². The highest BCUT2D eigenvalue weighted by Gasteiger charge is 2.62.